The van der Waals surface area contributed by atoms with Crippen molar-refractivity contribution in [2.45, 2.75) is 6.42 Å². The first kappa shape index (κ1) is 17.7. The Morgan fingerprint density at radius 2 is 2.11 bits per heavy atom. The standard InChI is InChI=1S/C21H16FN3O3/c1-27-17-10-9-13(12-15(17)22)20(26)24-16-7-3-2-6-14(16)21-25-19-18(28-21)8-4-5-11-23-19/h2-3,5-12H,4H2,1H3,(H,24,26). The molecule has 4 rings (SSSR count). The van der Waals surface area contributed by atoms with E-state index in [1.54, 1.807) is 24.4 Å². The van der Waals surface area contributed by atoms with Gasteiger partial charge in [0.1, 0.15) is 0 Å². The molecule has 0 aliphatic carbocycles. The molecule has 7 heteroatoms. The average molecular weight is 377 g/mol. The molecule has 28 heavy (non-hydrogen) atoms. The number of hydrogen-bond donors (Lipinski definition) is 1. The molecule has 0 saturated carbocycles. The van der Waals surface area contributed by atoms with E-state index in [0.29, 0.717) is 34.5 Å². The molecule has 0 bridgehead atoms. The van der Waals surface area contributed by atoms with Crippen molar-refractivity contribution in [2.75, 3.05) is 12.4 Å². The Kier molecular flexibility index (Phi) is 4.72. The number of para-hydroxylation sites is 1. The number of carbonyl (C=O) groups excluding carboxylic acids is 1. The zero-order valence-corrected chi connectivity index (χ0v) is 15.0. The molecule has 140 valence electrons. The third kappa shape index (κ3) is 3.42. The van der Waals surface area contributed by atoms with E-state index in [9.17, 15) is 9.18 Å². The van der Waals surface area contributed by atoms with Gasteiger partial charge < -0.3 is 14.5 Å². The molecule has 1 N–H and O–H groups in total. The van der Waals surface area contributed by atoms with Crippen molar-refractivity contribution < 1.29 is 18.3 Å². The van der Waals surface area contributed by atoms with Crippen LogP contribution >= 0.6 is 0 Å². The molecule has 1 aliphatic heterocycles. The van der Waals surface area contributed by atoms with Gasteiger partial charge in [-0.05, 0) is 42.8 Å². The van der Waals surface area contributed by atoms with Crippen LogP contribution in [0.3, 0.4) is 0 Å². The van der Waals surface area contributed by atoms with Crippen LogP contribution in [0, 0.1) is 5.82 Å². The summed E-state index contributed by atoms with van der Waals surface area (Å²) in [6.45, 7) is 0. The molecule has 0 radical (unpaired) electrons. The van der Waals surface area contributed by atoms with E-state index in [1.807, 2.05) is 18.2 Å². The Bertz CT molecular complexity index is 1200. The van der Waals surface area contributed by atoms with Gasteiger partial charge in [-0.25, -0.2) is 9.38 Å². The van der Waals surface area contributed by atoms with Crippen LogP contribution < -0.4 is 21.0 Å². The van der Waals surface area contributed by atoms with E-state index in [0.717, 1.165) is 6.07 Å². The predicted octanol–water partition coefficient (Wildman–Crippen LogP) is 3.06. The number of fused-ring (bicyclic) bond motifs is 1. The Labute approximate surface area is 159 Å². The normalized spacial score (nSPS) is 12.4. The summed E-state index contributed by atoms with van der Waals surface area (Å²) in [4.78, 5) is 21.2. The van der Waals surface area contributed by atoms with Crippen molar-refractivity contribution in [3.8, 4) is 17.2 Å². The third-order valence-electron chi connectivity index (χ3n) is 4.20. The number of methoxy groups -OCH3 is 1. The number of benzene rings is 2. The van der Waals surface area contributed by atoms with Crippen molar-refractivity contribution in [1.29, 1.82) is 0 Å². The molecule has 1 amide bonds. The van der Waals surface area contributed by atoms with Gasteiger partial charge >= 0.3 is 0 Å². The second-order valence-corrected chi connectivity index (χ2v) is 6.01. The van der Waals surface area contributed by atoms with Crippen LogP contribution in [0.15, 0.2) is 64.2 Å². The number of oxazole rings is 1. The monoisotopic (exact) mass is 377 g/mol. The topological polar surface area (TPSA) is 76.7 Å². The van der Waals surface area contributed by atoms with E-state index >= 15 is 0 Å². The zero-order chi connectivity index (χ0) is 19.5. The minimum absolute atomic E-state index is 0.0762. The van der Waals surface area contributed by atoms with Gasteiger partial charge in [-0.1, -0.05) is 18.2 Å². The van der Waals surface area contributed by atoms with Gasteiger partial charge in [0.15, 0.2) is 22.5 Å². The smallest absolute Gasteiger partial charge is 0.255 e. The molecule has 2 aromatic carbocycles. The lowest BCUT2D eigenvalue weighted by Gasteiger charge is -2.09. The molecule has 1 aromatic heterocycles. The minimum Gasteiger partial charge on any atom is -0.494 e. The van der Waals surface area contributed by atoms with Gasteiger partial charge in [-0.3, -0.25) is 4.79 Å². The van der Waals surface area contributed by atoms with E-state index in [4.69, 9.17) is 9.15 Å². The van der Waals surface area contributed by atoms with Gasteiger partial charge in [0.05, 0.1) is 18.4 Å². The molecule has 2 heterocycles. The predicted molar refractivity (Wildman–Crippen MR) is 102 cm³/mol. The number of rotatable bonds is 4. The molecule has 0 spiro atoms. The fourth-order valence-electron chi connectivity index (χ4n) is 2.80. The first-order valence-corrected chi connectivity index (χ1v) is 8.60. The van der Waals surface area contributed by atoms with Crippen LogP contribution in [0.5, 0.6) is 5.75 Å². The number of allylic oxidation sites excluding steroid dienone is 1. The molecule has 3 aromatic rings. The summed E-state index contributed by atoms with van der Waals surface area (Å²) in [7, 11) is 1.37. The molecular formula is C21H16FN3O3. The number of carbonyl (C=O) groups is 1. The zero-order valence-electron chi connectivity index (χ0n) is 15.0. The maximum atomic E-state index is 13.9. The number of aromatic nitrogens is 1. The maximum Gasteiger partial charge on any atom is 0.255 e. The highest BCUT2D eigenvalue weighted by atomic mass is 19.1. The Hall–Kier alpha value is -3.74. The lowest BCUT2D eigenvalue weighted by molar-refractivity contribution is 0.102. The van der Waals surface area contributed by atoms with Crippen molar-refractivity contribution in [2.24, 2.45) is 4.99 Å². The summed E-state index contributed by atoms with van der Waals surface area (Å²) in [6.07, 6.45) is 6.17. The molecular weight excluding hydrogens is 361 g/mol. The van der Waals surface area contributed by atoms with Crippen LogP contribution in [0.4, 0.5) is 10.1 Å². The molecule has 0 saturated heterocycles. The fourth-order valence-corrected chi connectivity index (χ4v) is 2.80. The number of amides is 1. The Morgan fingerprint density at radius 3 is 2.93 bits per heavy atom. The second-order valence-electron chi connectivity index (χ2n) is 6.01. The number of ether oxygens (including phenoxy) is 1. The Morgan fingerprint density at radius 1 is 1.25 bits per heavy atom. The highest BCUT2D eigenvalue weighted by Gasteiger charge is 2.15. The number of halogens is 1. The Balaban J connectivity index is 1.67. The van der Waals surface area contributed by atoms with Gasteiger partial charge in [-0.2, -0.15) is 4.98 Å². The summed E-state index contributed by atoms with van der Waals surface area (Å²) >= 11 is 0. The van der Waals surface area contributed by atoms with E-state index in [-0.39, 0.29) is 11.3 Å². The van der Waals surface area contributed by atoms with Crippen molar-refractivity contribution in [3.63, 3.8) is 0 Å². The first-order valence-electron chi connectivity index (χ1n) is 8.60. The van der Waals surface area contributed by atoms with Crippen molar-refractivity contribution in [1.82, 2.24) is 4.98 Å². The van der Waals surface area contributed by atoms with Crippen LogP contribution in [0.1, 0.15) is 16.8 Å². The molecule has 6 nitrogen and oxygen atoms in total. The summed E-state index contributed by atoms with van der Waals surface area (Å²) in [6, 6.07) is 11.1. The van der Waals surface area contributed by atoms with Gasteiger partial charge in [0.2, 0.25) is 5.89 Å². The molecule has 0 atom stereocenters. The van der Waals surface area contributed by atoms with Crippen LogP contribution in [0.2, 0.25) is 0 Å². The highest BCUT2D eigenvalue weighted by Crippen LogP contribution is 2.26. The average Bonchev–Trinajstić information content (AvgIpc) is 2.98. The van der Waals surface area contributed by atoms with Crippen LogP contribution in [-0.4, -0.2) is 18.0 Å². The van der Waals surface area contributed by atoms with E-state index in [1.165, 1.54) is 19.2 Å². The third-order valence-corrected chi connectivity index (χ3v) is 4.20. The minimum atomic E-state index is -0.606. The van der Waals surface area contributed by atoms with Crippen LogP contribution in [0.25, 0.3) is 17.5 Å². The van der Waals surface area contributed by atoms with E-state index in [2.05, 4.69) is 15.3 Å². The number of nitrogens with one attached hydrogen (secondary N) is 1. The summed E-state index contributed by atoms with van der Waals surface area (Å²) in [5.74, 6) is -0.643. The highest BCUT2D eigenvalue weighted by molar-refractivity contribution is 6.06. The first-order chi connectivity index (χ1) is 13.7. The van der Waals surface area contributed by atoms with Gasteiger partial charge in [-0.15, -0.1) is 0 Å². The molecule has 1 aliphatic rings. The fraction of sp³-hybridized carbons (Fsp3) is 0.0952. The maximum absolute atomic E-state index is 13.9. The lowest BCUT2D eigenvalue weighted by Crippen LogP contribution is -2.21. The number of hydrogen-bond acceptors (Lipinski definition) is 5. The van der Waals surface area contributed by atoms with E-state index < -0.39 is 11.7 Å². The quantitative estimate of drug-likeness (QED) is 0.758. The van der Waals surface area contributed by atoms with Gasteiger partial charge in [0.25, 0.3) is 5.91 Å². The molecule has 0 unspecified atom stereocenters. The summed E-state index contributed by atoms with van der Waals surface area (Å²) < 4.78 is 24.6. The summed E-state index contributed by atoms with van der Waals surface area (Å²) in [5.41, 5.74) is 2.34. The largest absolute Gasteiger partial charge is 0.494 e. The number of anilines is 1. The lowest BCUT2D eigenvalue weighted by atomic mass is 10.1. The molecule has 0 fully saturated rings. The SMILES string of the molecule is COc1ccc(C(=O)Nc2ccccc2-c2nc3c(o2)=CCC=CN=3)cc1F. The van der Waals surface area contributed by atoms with Crippen molar-refractivity contribution in [3.05, 3.63) is 77.0 Å². The van der Waals surface area contributed by atoms with Crippen LogP contribution in [-0.2, 0) is 0 Å². The second kappa shape index (κ2) is 7.48. The van der Waals surface area contributed by atoms with Gasteiger partial charge in [0, 0.05) is 11.8 Å². The number of nitrogens with zero attached hydrogens (tertiary/aromatic N) is 2. The van der Waals surface area contributed by atoms with Crippen molar-refractivity contribution >= 4 is 17.7 Å². The summed E-state index contributed by atoms with van der Waals surface area (Å²) in [5, 5.41) is 2.78.